The number of anilines is 1. The monoisotopic (exact) mass is 485 g/mol. The van der Waals surface area contributed by atoms with E-state index in [0.29, 0.717) is 29.2 Å². The van der Waals surface area contributed by atoms with Gasteiger partial charge in [-0.3, -0.25) is 19.5 Å². The van der Waals surface area contributed by atoms with Crippen LogP contribution in [0, 0.1) is 5.82 Å². The van der Waals surface area contributed by atoms with Crippen molar-refractivity contribution < 1.29 is 23.3 Å². The van der Waals surface area contributed by atoms with Crippen molar-refractivity contribution in [2.45, 2.75) is 13.3 Å². The molecule has 2 aromatic heterocycles. The highest BCUT2D eigenvalue weighted by atomic mass is 19.1. The van der Waals surface area contributed by atoms with Gasteiger partial charge in [-0.1, -0.05) is 13.0 Å². The number of aromatic nitrogens is 3. The van der Waals surface area contributed by atoms with Crippen LogP contribution in [0.2, 0.25) is 0 Å². The van der Waals surface area contributed by atoms with Crippen LogP contribution in [0.4, 0.5) is 10.1 Å². The summed E-state index contributed by atoms with van der Waals surface area (Å²) >= 11 is 0. The van der Waals surface area contributed by atoms with E-state index < -0.39 is 23.2 Å². The molecule has 0 radical (unpaired) electrons. The van der Waals surface area contributed by atoms with Gasteiger partial charge in [-0.2, -0.15) is 4.57 Å². The maximum Gasteiger partial charge on any atom is 0.331 e. The maximum atomic E-state index is 13.9. The molecule has 0 spiro atoms. The molecule has 5 rings (SSSR count). The normalized spacial score (nSPS) is 13.6. The average Bonchev–Trinajstić information content (AvgIpc) is 3.36. The number of carbonyl (C=O) groups excluding carboxylic acids is 2. The quantitative estimate of drug-likeness (QED) is 0.336. The highest BCUT2D eigenvalue weighted by molar-refractivity contribution is 6.53. The number of nitrogens with zero attached hydrogens (tertiary/aromatic N) is 3. The third-order valence-corrected chi connectivity index (χ3v) is 6.02. The topological polar surface area (TPSA) is 88.3 Å². The molecule has 1 N–H and O–H groups in total. The third-order valence-electron chi connectivity index (χ3n) is 6.02. The summed E-state index contributed by atoms with van der Waals surface area (Å²) in [5.74, 6) is -1.04. The van der Waals surface area contributed by atoms with Gasteiger partial charge in [0.05, 0.1) is 24.0 Å². The van der Waals surface area contributed by atoms with E-state index in [9.17, 15) is 18.8 Å². The second-order valence-electron chi connectivity index (χ2n) is 8.09. The minimum atomic E-state index is -0.617. The zero-order chi connectivity index (χ0) is 25.4. The molecule has 0 bridgehead atoms. The van der Waals surface area contributed by atoms with E-state index >= 15 is 0 Å². The molecule has 9 heteroatoms. The summed E-state index contributed by atoms with van der Waals surface area (Å²) in [6, 6.07) is 17.2. The summed E-state index contributed by atoms with van der Waals surface area (Å²) in [6.45, 7) is 1.84. The van der Waals surface area contributed by atoms with Gasteiger partial charge in [0.25, 0.3) is 17.2 Å². The van der Waals surface area contributed by atoms with Crippen molar-refractivity contribution in [3.63, 3.8) is 0 Å². The summed E-state index contributed by atoms with van der Waals surface area (Å²) in [5, 5.41) is 3.03. The predicted molar refractivity (Wildman–Crippen MR) is 131 cm³/mol. The number of pyridine rings is 1. The number of halogens is 1. The highest BCUT2D eigenvalue weighted by Gasteiger charge is 2.48. The van der Waals surface area contributed by atoms with Crippen molar-refractivity contribution in [2.24, 2.45) is 0 Å². The number of aryl methyl sites for hydroxylation is 1. The molecule has 0 saturated carbocycles. The Hall–Kier alpha value is -4.79. The van der Waals surface area contributed by atoms with Gasteiger partial charge in [-0.25, -0.2) is 14.0 Å². The molecule has 180 valence electrons. The fraction of sp³-hybridized carbons (Fsp3) is 0.111. The van der Waals surface area contributed by atoms with Gasteiger partial charge in [0, 0.05) is 17.8 Å². The van der Waals surface area contributed by atoms with Crippen LogP contribution in [0.5, 0.6) is 5.75 Å². The lowest BCUT2D eigenvalue weighted by atomic mass is 10.0. The van der Waals surface area contributed by atoms with Crippen LogP contribution in [-0.4, -0.2) is 28.7 Å². The lowest BCUT2D eigenvalue weighted by Gasteiger charge is -2.14. The number of methoxy groups -OCH3 is 1. The number of amides is 2. The molecule has 2 amide bonds. The van der Waals surface area contributed by atoms with E-state index in [-0.39, 0.29) is 16.8 Å². The average molecular weight is 485 g/mol. The Balaban J connectivity index is 1.73. The maximum absolute atomic E-state index is 13.9. The number of benzene rings is 2. The Labute approximate surface area is 205 Å². The first-order valence-electron chi connectivity index (χ1n) is 11.3. The second kappa shape index (κ2) is 9.10. The van der Waals surface area contributed by atoms with E-state index in [1.807, 2.05) is 6.92 Å². The first-order valence-corrected chi connectivity index (χ1v) is 11.3. The Morgan fingerprint density at radius 3 is 2.14 bits per heavy atom. The molecule has 8 nitrogen and oxygen atoms in total. The van der Waals surface area contributed by atoms with Gasteiger partial charge in [-0.05, 0) is 55.0 Å². The number of ether oxygens (including phenoxy) is 1. The smallest absolute Gasteiger partial charge is 0.331 e. The zero-order valence-corrected chi connectivity index (χ0v) is 19.6. The number of nitrogens with one attached hydrogen (secondary N) is 1. The van der Waals surface area contributed by atoms with Crippen molar-refractivity contribution in [2.75, 3.05) is 12.0 Å². The molecule has 2 aromatic carbocycles. The highest BCUT2D eigenvalue weighted by Crippen LogP contribution is 2.34. The summed E-state index contributed by atoms with van der Waals surface area (Å²) in [4.78, 5) is 42.3. The molecule has 4 aromatic rings. The molecule has 1 aliphatic heterocycles. The summed E-state index contributed by atoms with van der Waals surface area (Å²) in [5.41, 5.74) is 0.872. The Morgan fingerprint density at radius 1 is 0.889 bits per heavy atom. The van der Waals surface area contributed by atoms with Gasteiger partial charge < -0.3 is 4.74 Å². The van der Waals surface area contributed by atoms with Gasteiger partial charge in [0.15, 0.2) is 12.4 Å². The van der Waals surface area contributed by atoms with Crippen LogP contribution in [0.25, 0.3) is 17.0 Å². The van der Waals surface area contributed by atoms with Crippen molar-refractivity contribution in [3.8, 4) is 11.4 Å². The minimum Gasteiger partial charge on any atom is -0.497 e. The lowest BCUT2D eigenvalue weighted by molar-refractivity contribution is -0.576. The molecular weight excluding hydrogens is 463 g/mol. The van der Waals surface area contributed by atoms with E-state index in [2.05, 4.69) is 5.10 Å². The number of H-pyrrole nitrogens is 1. The van der Waals surface area contributed by atoms with Crippen molar-refractivity contribution in [1.82, 2.24) is 9.78 Å². The number of carbonyl (C=O) groups is 2. The standard InChI is InChI=1S/C27H21FN4O4/c1-3-21-22(26(34)32(29-21)19-9-7-17(28)8-10-19)23-24(30-15-5-4-6-16-30)27(35)31(25(23)33)18-11-13-20(36-2)14-12-18/h4-16H,3H2,1-2H3/p+1. The molecular formula is C27H22FN4O4+. The first kappa shape index (κ1) is 23.0. The molecule has 0 unspecified atom stereocenters. The van der Waals surface area contributed by atoms with Crippen molar-refractivity contribution >= 4 is 28.8 Å². The van der Waals surface area contributed by atoms with Gasteiger partial charge in [0.2, 0.25) is 0 Å². The third kappa shape index (κ3) is 3.70. The van der Waals surface area contributed by atoms with Crippen LogP contribution < -0.4 is 19.8 Å². The first-order chi connectivity index (χ1) is 17.4. The molecule has 1 aliphatic rings. The van der Waals surface area contributed by atoms with Crippen LogP contribution in [0.1, 0.15) is 18.2 Å². The largest absolute Gasteiger partial charge is 0.497 e. The molecule has 0 atom stereocenters. The summed E-state index contributed by atoms with van der Waals surface area (Å²) in [7, 11) is 1.52. The van der Waals surface area contributed by atoms with Crippen molar-refractivity contribution in [3.05, 3.63) is 107 Å². The number of aromatic amines is 1. The Morgan fingerprint density at radius 2 is 1.53 bits per heavy atom. The van der Waals surface area contributed by atoms with Gasteiger partial charge >= 0.3 is 5.91 Å². The zero-order valence-electron chi connectivity index (χ0n) is 19.6. The minimum absolute atomic E-state index is 0.00835. The second-order valence-corrected chi connectivity index (χ2v) is 8.09. The number of hydrogen-bond acceptors (Lipinski definition) is 4. The fourth-order valence-corrected chi connectivity index (χ4v) is 4.26. The van der Waals surface area contributed by atoms with Crippen LogP contribution >= 0.6 is 0 Å². The predicted octanol–water partition coefficient (Wildman–Crippen LogP) is 3.10. The molecule has 0 saturated heterocycles. The van der Waals surface area contributed by atoms with Crippen LogP contribution in [-0.2, 0) is 16.0 Å². The lowest BCUT2D eigenvalue weighted by Crippen LogP contribution is -2.39. The number of rotatable bonds is 6. The molecule has 0 aliphatic carbocycles. The van der Waals surface area contributed by atoms with Crippen LogP contribution in [0.3, 0.4) is 0 Å². The van der Waals surface area contributed by atoms with E-state index in [0.717, 1.165) is 4.90 Å². The fourth-order valence-electron chi connectivity index (χ4n) is 4.26. The van der Waals surface area contributed by atoms with Gasteiger partial charge in [0.1, 0.15) is 17.1 Å². The Kier molecular flexibility index (Phi) is 5.81. The number of imide groups is 1. The van der Waals surface area contributed by atoms with E-state index in [1.54, 1.807) is 54.9 Å². The van der Waals surface area contributed by atoms with Gasteiger partial charge in [-0.15, -0.1) is 0 Å². The molecule has 0 fully saturated rings. The number of hydrogen-bond donors (Lipinski definition) is 1. The summed E-state index contributed by atoms with van der Waals surface area (Å²) < 4.78 is 21.5. The molecule has 36 heavy (non-hydrogen) atoms. The van der Waals surface area contributed by atoms with E-state index in [1.165, 1.54) is 40.6 Å². The molecule has 3 heterocycles. The SMILES string of the molecule is CCc1[nH]n(-c2ccc(F)cc2)c(=O)c1C1=C([n+]2ccccc2)C(=O)N(c2ccc(OC)cc2)C1=O. The Bertz CT molecular complexity index is 1550. The van der Waals surface area contributed by atoms with Crippen molar-refractivity contribution in [1.29, 1.82) is 0 Å². The summed E-state index contributed by atoms with van der Waals surface area (Å²) in [6.07, 6.45) is 3.68. The van der Waals surface area contributed by atoms with E-state index in [4.69, 9.17) is 4.74 Å². The van der Waals surface area contributed by atoms with Crippen LogP contribution in [0.15, 0.2) is 83.9 Å².